The number of carbonyl (C=O) groups is 3. The van der Waals surface area contributed by atoms with Crippen molar-refractivity contribution in [2.75, 3.05) is 6.54 Å². The number of aliphatic imine (C=N–C) groups is 1. The van der Waals surface area contributed by atoms with Crippen molar-refractivity contribution >= 4 is 46.5 Å². The fourth-order valence-corrected chi connectivity index (χ4v) is 4.07. The Labute approximate surface area is 199 Å². The van der Waals surface area contributed by atoms with Crippen molar-refractivity contribution in [2.24, 2.45) is 4.99 Å². The highest BCUT2D eigenvalue weighted by Gasteiger charge is 2.32. The van der Waals surface area contributed by atoms with Gasteiger partial charge in [0.15, 0.2) is 11.3 Å². The predicted molar refractivity (Wildman–Crippen MR) is 128 cm³/mol. The minimum absolute atomic E-state index is 0.196. The van der Waals surface area contributed by atoms with Gasteiger partial charge in [0, 0.05) is 12.6 Å². The van der Waals surface area contributed by atoms with Gasteiger partial charge in [0.1, 0.15) is 17.1 Å². The van der Waals surface area contributed by atoms with E-state index in [1.165, 1.54) is 23.1 Å². The minimum Gasteiger partial charge on any atom is -0.507 e. The van der Waals surface area contributed by atoms with Crippen molar-refractivity contribution in [3.05, 3.63) is 71.2 Å². The van der Waals surface area contributed by atoms with E-state index in [-0.39, 0.29) is 23.7 Å². The first-order valence-electron chi connectivity index (χ1n) is 10.2. The highest BCUT2D eigenvalue weighted by Crippen LogP contribution is 2.35. The van der Waals surface area contributed by atoms with Gasteiger partial charge in [0.05, 0.1) is 10.6 Å². The van der Waals surface area contributed by atoms with E-state index >= 15 is 0 Å². The van der Waals surface area contributed by atoms with E-state index in [1.807, 2.05) is 0 Å². The molecule has 1 heterocycles. The summed E-state index contributed by atoms with van der Waals surface area (Å²) >= 11 is 1.11. The molecule has 3 N–H and O–H groups in total. The Morgan fingerprint density at radius 3 is 2.62 bits per heavy atom. The van der Waals surface area contributed by atoms with Crippen LogP contribution in [-0.4, -0.2) is 55.9 Å². The molecular formula is C24H22N2O7S. The molecule has 0 spiro atoms. The number of hydrogen-bond donors (Lipinski definition) is 3. The maximum Gasteiger partial charge on any atom is 0.344 e. The SMILES string of the molecule is C=CCN1C(=O)/C(=C/c2cccc(OC(CC)C(=O)O)c2)SC1=Nc1ccc(C(=O)O)c(O)c1. The molecule has 1 unspecified atom stereocenters. The van der Waals surface area contributed by atoms with E-state index in [2.05, 4.69) is 11.6 Å². The molecule has 10 heteroatoms. The van der Waals surface area contributed by atoms with Crippen LogP contribution in [0.15, 0.2) is 65.0 Å². The van der Waals surface area contributed by atoms with Crippen molar-refractivity contribution in [3.8, 4) is 11.5 Å². The maximum absolute atomic E-state index is 13.0. The average Bonchev–Trinajstić information content (AvgIpc) is 3.06. The fourth-order valence-electron chi connectivity index (χ4n) is 3.06. The Kier molecular flexibility index (Phi) is 7.75. The van der Waals surface area contributed by atoms with E-state index in [9.17, 15) is 24.6 Å². The van der Waals surface area contributed by atoms with Crippen LogP contribution in [0.1, 0.15) is 29.3 Å². The number of carboxylic acids is 2. The van der Waals surface area contributed by atoms with Crippen molar-refractivity contribution in [3.63, 3.8) is 0 Å². The number of phenols is 1. The number of amidine groups is 1. The van der Waals surface area contributed by atoms with Crippen LogP contribution in [-0.2, 0) is 9.59 Å². The van der Waals surface area contributed by atoms with Gasteiger partial charge in [0.25, 0.3) is 5.91 Å². The summed E-state index contributed by atoms with van der Waals surface area (Å²) in [6.45, 7) is 5.57. The largest absolute Gasteiger partial charge is 0.507 e. The summed E-state index contributed by atoms with van der Waals surface area (Å²) in [7, 11) is 0. The number of carbonyl (C=O) groups excluding carboxylic acids is 1. The molecule has 0 aliphatic carbocycles. The lowest BCUT2D eigenvalue weighted by atomic mass is 10.2. The summed E-state index contributed by atoms with van der Waals surface area (Å²) in [6, 6.07) is 10.6. The summed E-state index contributed by atoms with van der Waals surface area (Å²) in [5.41, 5.74) is 0.664. The molecule has 1 atom stereocenters. The summed E-state index contributed by atoms with van der Waals surface area (Å²) in [5.74, 6) is -2.70. The molecule has 2 aromatic rings. The predicted octanol–water partition coefficient (Wildman–Crippen LogP) is 4.12. The van der Waals surface area contributed by atoms with Crippen LogP contribution in [0.5, 0.6) is 11.5 Å². The zero-order valence-corrected chi connectivity index (χ0v) is 19.0. The topological polar surface area (TPSA) is 137 Å². The van der Waals surface area contributed by atoms with Crippen molar-refractivity contribution in [1.29, 1.82) is 0 Å². The van der Waals surface area contributed by atoms with Crippen LogP contribution >= 0.6 is 11.8 Å². The highest BCUT2D eigenvalue weighted by molar-refractivity contribution is 8.18. The third kappa shape index (κ3) is 5.65. The molecule has 176 valence electrons. The van der Waals surface area contributed by atoms with Crippen LogP contribution in [0.3, 0.4) is 0 Å². The normalized spacial score (nSPS) is 16.6. The van der Waals surface area contributed by atoms with E-state index in [1.54, 1.807) is 43.3 Å². The number of aliphatic carboxylic acids is 1. The summed E-state index contributed by atoms with van der Waals surface area (Å²) in [4.78, 5) is 41.5. The van der Waals surface area contributed by atoms with Gasteiger partial charge in [-0.05, 0) is 54.1 Å². The van der Waals surface area contributed by atoms with Crippen molar-refractivity contribution < 1.29 is 34.4 Å². The van der Waals surface area contributed by atoms with Crippen LogP contribution < -0.4 is 4.74 Å². The molecule has 1 aliphatic heterocycles. The van der Waals surface area contributed by atoms with Gasteiger partial charge in [-0.2, -0.15) is 0 Å². The number of carboxylic acid groups (broad SMARTS) is 2. The number of aromatic carboxylic acids is 1. The summed E-state index contributed by atoms with van der Waals surface area (Å²) in [5, 5.41) is 28.5. The van der Waals surface area contributed by atoms with Crippen LogP contribution in [0.2, 0.25) is 0 Å². The van der Waals surface area contributed by atoms with E-state index in [0.29, 0.717) is 27.8 Å². The third-order valence-corrected chi connectivity index (χ3v) is 5.72. The maximum atomic E-state index is 13.0. The first-order valence-corrected chi connectivity index (χ1v) is 11.0. The smallest absolute Gasteiger partial charge is 0.344 e. The number of amides is 1. The molecule has 0 radical (unpaired) electrons. The standard InChI is InChI=1S/C24H22N2O7S/c1-3-10-26-21(28)20(12-14-6-5-7-16(11-14)33-19(4-2)23(31)32)34-24(26)25-15-8-9-17(22(29)30)18(27)13-15/h3,5-9,11-13,19,27H,1,4,10H2,2H3,(H,29,30)(H,31,32)/b20-12-,25-24?. The summed E-state index contributed by atoms with van der Waals surface area (Å²) in [6.07, 6.45) is 2.52. The molecular weight excluding hydrogens is 460 g/mol. The van der Waals surface area contributed by atoms with Crippen LogP contribution in [0, 0.1) is 0 Å². The Morgan fingerprint density at radius 2 is 2.00 bits per heavy atom. The Balaban J connectivity index is 1.90. The second-order valence-electron chi connectivity index (χ2n) is 7.14. The number of rotatable bonds is 9. The Hall–Kier alpha value is -4.05. The number of aromatic hydroxyl groups is 1. The lowest BCUT2D eigenvalue weighted by Gasteiger charge is -2.13. The van der Waals surface area contributed by atoms with Gasteiger partial charge in [-0.25, -0.2) is 14.6 Å². The lowest BCUT2D eigenvalue weighted by molar-refractivity contribution is -0.145. The molecule has 3 rings (SSSR count). The first-order chi connectivity index (χ1) is 16.2. The highest BCUT2D eigenvalue weighted by atomic mass is 32.2. The van der Waals surface area contributed by atoms with Gasteiger partial charge in [-0.1, -0.05) is 25.1 Å². The molecule has 2 aromatic carbocycles. The fraction of sp³-hybridized carbons (Fsp3) is 0.167. The number of hydrogen-bond acceptors (Lipinski definition) is 7. The summed E-state index contributed by atoms with van der Waals surface area (Å²) < 4.78 is 5.52. The number of benzene rings is 2. The van der Waals surface area contributed by atoms with E-state index in [4.69, 9.17) is 9.84 Å². The van der Waals surface area contributed by atoms with Gasteiger partial charge in [0.2, 0.25) is 0 Å². The molecule has 9 nitrogen and oxygen atoms in total. The average molecular weight is 483 g/mol. The monoisotopic (exact) mass is 482 g/mol. The Bertz CT molecular complexity index is 1210. The zero-order chi connectivity index (χ0) is 24.8. The molecule has 1 amide bonds. The zero-order valence-electron chi connectivity index (χ0n) is 18.2. The second-order valence-corrected chi connectivity index (χ2v) is 8.15. The lowest BCUT2D eigenvalue weighted by Crippen LogP contribution is -2.29. The first kappa shape index (κ1) is 24.6. The molecule has 0 aromatic heterocycles. The van der Waals surface area contributed by atoms with Gasteiger partial charge >= 0.3 is 11.9 Å². The molecule has 34 heavy (non-hydrogen) atoms. The number of nitrogens with zero attached hydrogens (tertiary/aromatic N) is 2. The Morgan fingerprint density at radius 1 is 1.24 bits per heavy atom. The number of ether oxygens (including phenoxy) is 1. The van der Waals surface area contributed by atoms with Crippen molar-refractivity contribution in [1.82, 2.24) is 4.90 Å². The molecule has 1 aliphatic rings. The van der Waals surface area contributed by atoms with E-state index < -0.39 is 23.8 Å². The quantitative estimate of drug-likeness (QED) is 0.359. The molecule has 1 fully saturated rings. The minimum atomic E-state index is -1.26. The molecule has 0 saturated carbocycles. The van der Waals surface area contributed by atoms with Crippen molar-refractivity contribution in [2.45, 2.75) is 19.4 Å². The van der Waals surface area contributed by atoms with Crippen LogP contribution in [0.25, 0.3) is 6.08 Å². The van der Waals surface area contributed by atoms with Gasteiger partial charge < -0.3 is 20.1 Å². The van der Waals surface area contributed by atoms with Crippen LogP contribution in [0.4, 0.5) is 5.69 Å². The van der Waals surface area contributed by atoms with Gasteiger partial charge in [-0.15, -0.1) is 6.58 Å². The molecule has 0 bridgehead atoms. The van der Waals surface area contributed by atoms with E-state index in [0.717, 1.165) is 11.8 Å². The van der Waals surface area contributed by atoms with Gasteiger partial charge in [-0.3, -0.25) is 9.69 Å². The molecule has 1 saturated heterocycles. The second kappa shape index (κ2) is 10.7. The number of thioether (sulfide) groups is 1. The third-order valence-electron chi connectivity index (χ3n) is 4.72.